The van der Waals surface area contributed by atoms with Gasteiger partial charge < -0.3 is 14.6 Å². The maximum atomic E-state index is 12.4. The fourth-order valence-electron chi connectivity index (χ4n) is 2.59. The molecule has 2 atom stereocenters. The summed E-state index contributed by atoms with van der Waals surface area (Å²) in [6.45, 7) is 5.65. The standard InChI is InChI=1S/C14H20N6O2/c1-3-11-17-12(19-18-11)9-7-22-8-10(9)16-14(21)13-15-5-6-20(13)4-2/h5-6,9-10H,3-4,7-8H2,1-2H3,(H,16,21)(H,17,18,19)/t9-,10+/m1/s1. The lowest BCUT2D eigenvalue weighted by Gasteiger charge is -2.16. The van der Waals surface area contributed by atoms with Crippen molar-refractivity contribution in [3.05, 3.63) is 29.9 Å². The molecule has 1 aliphatic heterocycles. The van der Waals surface area contributed by atoms with Gasteiger partial charge in [0.1, 0.15) is 5.82 Å². The number of amides is 1. The van der Waals surface area contributed by atoms with Crippen molar-refractivity contribution >= 4 is 5.91 Å². The van der Waals surface area contributed by atoms with Crippen molar-refractivity contribution in [1.29, 1.82) is 0 Å². The molecular formula is C14H20N6O2. The highest BCUT2D eigenvalue weighted by Gasteiger charge is 2.34. The van der Waals surface area contributed by atoms with Crippen LogP contribution in [0.25, 0.3) is 0 Å². The Hall–Kier alpha value is -2.22. The molecule has 8 nitrogen and oxygen atoms in total. The first-order valence-corrected chi connectivity index (χ1v) is 7.53. The topological polar surface area (TPSA) is 97.7 Å². The number of carbonyl (C=O) groups is 1. The quantitative estimate of drug-likeness (QED) is 0.838. The summed E-state index contributed by atoms with van der Waals surface area (Å²) in [4.78, 5) is 20.9. The van der Waals surface area contributed by atoms with E-state index in [1.165, 1.54) is 0 Å². The van der Waals surface area contributed by atoms with Gasteiger partial charge in [-0.15, -0.1) is 0 Å². The molecule has 3 rings (SSSR count). The normalized spacial score (nSPS) is 21.2. The van der Waals surface area contributed by atoms with Crippen LogP contribution in [-0.2, 0) is 17.7 Å². The number of carbonyl (C=O) groups excluding carboxylic acids is 1. The van der Waals surface area contributed by atoms with Gasteiger partial charge in [-0.05, 0) is 6.92 Å². The Labute approximate surface area is 128 Å². The van der Waals surface area contributed by atoms with E-state index in [1.807, 2.05) is 18.4 Å². The van der Waals surface area contributed by atoms with Gasteiger partial charge in [-0.2, -0.15) is 5.10 Å². The summed E-state index contributed by atoms with van der Waals surface area (Å²) in [6.07, 6.45) is 4.22. The third-order valence-electron chi connectivity index (χ3n) is 3.87. The van der Waals surface area contributed by atoms with Gasteiger partial charge in [-0.3, -0.25) is 9.89 Å². The van der Waals surface area contributed by atoms with E-state index in [4.69, 9.17) is 4.74 Å². The molecule has 0 aromatic carbocycles. The predicted octanol–water partition coefficient (Wildman–Crippen LogP) is 0.496. The lowest BCUT2D eigenvalue weighted by atomic mass is 10.0. The summed E-state index contributed by atoms with van der Waals surface area (Å²) in [5.41, 5.74) is 0. The van der Waals surface area contributed by atoms with Crippen molar-refractivity contribution in [3.63, 3.8) is 0 Å². The third kappa shape index (κ3) is 2.74. The smallest absolute Gasteiger partial charge is 0.287 e. The van der Waals surface area contributed by atoms with E-state index in [2.05, 4.69) is 25.5 Å². The highest BCUT2D eigenvalue weighted by Crippen LogP contribution is 2.23. The van der Waals surface area contributed by atoms with Gasteiger partial charge >= 0.3 is 0 Å². The molecule has 1 amide bonds. The van der Waals surface area contributed by atoms with Crippen molar-refractivity contribution in [3.8, 4) is 0 Å². The fourth-order valence-corrected chi connectivity index (χ4v) is 2.59. The van der Waals surface area contributed by atoms with Crippen LogP contribution in [0.15, 0.2) is 12.4 Å². The van der Waals surface area contributed by atoms with E-state index in [0.29, 0.717) is 31.4 Å². The Morgan fingerprint density at radius 3 is 3.09 bits per heavy atom. The second-order valence-corrected chi connectivity index (χ2v) is 5.25. The molecule has 8 heteroatoms. The summed E-state index contributed by atoms with van der Waals surface area (Å²) in [7, 11) is 0. The monoisotopic (exact) mass is 304 g/mol. The molecule has 3 heterocycles. The maximum absolute atomic E-state index is 12.4. The van der Waals surface area contributed by atoms with Crippen LogP contribution in [0, 0.1) is 0 Å². The number of rotatable bonds is 5. The molecule has 0 bridgehead atoms. The Balaban J connectivity index is 1.72. The van der Waals surface area contributed by atoms with E-state index in [0.717, 1.165) is 12.2 Å². The number of aromatic nitrogens is 5. The molecule has 0 unspecified atom stereocenters. The molecule has 0 radical (unpaired) electrons. The lowest BCUT2D eigenvalue weighted by molar-refractivity contribution is 0.0913. The Morgan fingerprint density at radius 1 is 1.50 bits per heavy atom. The molecule has 118 valence electrons. The van der Waals surface area contributed by atoms with Gasteiger partial charge in [-0.25, -0.2) is 9.97 Å². The summed E-state index contributed by atoms with van der Waals surface area (Å²) in [5, 5.41) is 10.1. The van der Waals surface area contributed by atoms with Crippen LogP contribution in [-0.4, -0.2) is 49.9 Å². The van der Waals surface area contributed by atoms with E-state index in [1.54, 1.807) is 12.4 Å². The Bertz CT molecular complexity index is 649. The molecule has 2 aromatic rings. The van der Waals surface area contributed by atoms with Crippen LogP contribution in [0.1, 0.15) is 42.0 Å². The first kappa shape index (κ1) is 14.7. The Kier molecular flexibility index (Phi) is 4.19. The van der Waals surface area contributed by atoms with E-state index >= 15 is 0 Å². The van der Waals surface area contributed by atoms with Crippen LogP contribution >= 0.6 is 0 Å². The van der Waals surface area contributed by atoms with Crippen molar-refractivity contribution < 1.29 is 9.53 Å². The third-order valence-corrected chi connectivity index (χ3v) is 3.87. The van der Waals surface area contributed by atoms with Crippen molar-refractivity contribution in [1.82, 2.24) is 30.0 Å². The summed E-state index contributed by atoms with van der Waals surface area (Å²) in [5.74, 6) is 1.72. The number of H-pyrrole nitrogens is 1. The molecular weight excluding hydrogens is 284 g/mol. The van der Waals surface area contributed by atoms with Gasteiger partial charge in [0.2, 0.25) is 0 Å². The first-order valence-electron chi connectivity index (χ1n) is 7.53. The van der Waals surface area contributed by atoms with Crippen molar-refractivity contribution in [2.45, 2.75) is 38.8 Å². The first-order chi connectivity index (χ1) is 10.7. The molecule has 0 saturated carbocycles. The number of hydrogen-bond acceptors (Lipinski definition) is 5. The molecule has 0 spiro atoms. The van der Waals surface area contributed by atoms with Gasteiger partial charge in [0, 0.05) is 25.4 Å². The zero-order valence-electron chi connectivity index (χ0n) is 12.7. The maximum Gasteiger partial charge on any atom is 0.287 e. The molecule has 1 fully saturated rings. The number of nitrogens with one attached hydrogen (secondary N) is 2. The zero-order valence-corrected chi connectivity index (χ0v) is 12.7. The molecule has 2 N–H and O–H groups in total. The SMILES string of the molecule is CCc1nc([C@@H]2COC[C@@H]2NC(=O)c2nccn2CC)n[nH]1. The lowest BCUT2D eigenvalue weighted by Crippen LogP contribution is -2.40. The van der Waals surface area contributed by atoms with E-state index < -0.39 is 0 Å². The van der Waals surface area contributed by atoms with Crippen LogP contribution in [0.4, 0.5) is 0 Å². The van der Waals surface area contributed by atoms with Gasteiger partial charge in [0.25, 0.3) is 5.91 Å². The number of ether oxygens (including phenoxy) is 1. The molecule has 2 aromatic heterocycles. The van der Waals surface area contributed by atoms with Gasteiger partial charge in [0.15, 0.2) is 11.6 Å². The number of hydrogen-bond donors (Lipinski definition) is 2. The van der Waals surface area contributed by atoms with Crippen molar-refractivity contribution in [2.24, 2.45) is 0 Å². The van der Waals surface area contributed by atoms with E-state index in [-0.39, 0.29) is 17.9 Å². The number of nitrogens with zero attached hydrogens (tertiary/aromatic N) is 4. The van der Waals surface area contributed by atoms with E-state index in [9.17, 15) is 4.79 Å². The van der Waals surface area contributed by atoms with Crippen LogP contribution in [0.5, 0.6) is 0 Å². The van der Waals surface area contributed by atoms with Crippen LogP contribution < -0.4 is 5.32 Å². The van der Waals surface area contributed by atoms with Crippen LogP contribution in [0.2, 0.25) is 0 Å². The summed E-state index contributed by atoms with van der Waals surface area (Å²) < 4.78 is 7.31. The average Bonchev–Trinajstić information content (AvgIpc) is 3.26. The second-order valence-electron chi connectivity index (χ2n) is 5.25. The largest absolute Gasteiger partial charge is 0.378 e. The fraction of sp³-hybridized carbons (Fsp3) is 0.571. The van der Waals surface area contributed by atoms with Gasteiger partial charge in [0.05, 0.1) is 25.2 Å². The van der Waals surface area contributed by atoms with Crippen LogP contribution in [0.3, 0.4) is 0 Å². The summed E-state index contributed by atoms with van der Waals surface area (Å²) in [6, 6.07) is -0.144. The second kappa shape index (κ2) is 6.27. The highest BCUT2D eigenvalue weighted by molar-refractivity contribution is 5.91. The Morgan fingerprint density at radius 2 is 2.36 bits per heavy atom. The highest BCUT2D eigenvalue weighted by atomic mass is 16.5. The average molecular weight is 304 g/mol. The minimum absolute atomic E-state index is 0.0365. The predicted molar refractivity (Wildman–Crippen MR) is 78.5 cm³/mol. The molecule has 0 aliphatic carbocycles. The number of aryl methyl sites for hydroxylation is 2. The minimum Gasteiger partial charge on any atom is -0.378 e. The summed E-state index contributed by atoms with van der Waals surface area (Å²) >= 11 is 0. The molecule has 1 aliphatic rings. The number of aromatic amines is 1. The zero-order chi connectivity index (χ0) is 15.5. The van der Waals surface area contributed by atoms with Crippen molar-refractivity contribution in [2.75, 3.05) is 13.2 Å². The molecule has 22 heavy (non-hydrogen) atoms. The minimum atomic E-state index is -0.196. The molecule has 1 saturated heterocycles. The number of imidazole rings is 1. The van der Waals surface area contributed by atoms with Gasteiger partial charge in [-0.1, -0.05) is 6.92 Å².